The maximum atomic E-state index is 11.4. The van der Waals surface area contributed by atoms with Gasteiger partial charge in [-0.25, -0.2) is 14.8 Å². The van der Waals surface area contributed by atoms with Crippen molar-refractivity contribution in [3.05, 3.63) is 42.0 Å². The third-order valence-electron chi connectivity index (χ3n) is 4.74. The van der Waals surface area contributed by atoms with Crippen molar-refractivity contribution in [1.82, 2.24) is 9.97 Å². The quantitative estimate of drug-likeness (QED) is 0.478. The van der Waals surface area contributed by atoms with Crippen LogP contribution in [0.2, 0.25) is 0 Å². The summed E-state index contributed by atoms with van der Waals surface area (Å²) in [5.41, 5.74) is 1.41. The molecule has 0 aliphatic carbocycles. The first kappa shape index (κ1) is 18.5. The van der Waals surface area contributed by atoms with Gasteiger partial charge in [0.05, 0.1) is 22.7 Å². The summed E-state index contributed by atoms with van der Waals surface area (Å²) in [5, 5.41) is 39.3. The van der Waals surface area contributed by atoms with Crippen LogP contribution in [0.4, 0.5) is 0 Å². The molecule has 1 saturated heterocycles. The van der Waals surface area contributed by atoms with Gasteiger partial charge in [-0.2, -0.15) is 0 Å². The first-order chi connectivity index (χ1) is 13.4. The molecule has 28 heavy (non-hydrogen) atoms. The van der Waals surface area contributed by atoms with Crippen molar-refractivity contribution in [3.8, 4) is 5.75 Å². The number of carboxylic acids is 1. The Morgan fingerprint density at radius 3 is 2.32 bits per heavy atom. The summed E-state index contributed by atoms with van der Waals surface area (Å²) < 4.78 is 11.2. The zero-order valence-electron chi connectivity index (χ0n) is 14.8. The first-order valence-corrected chi connectivity index (χ1v) is 8.66. The molecule has 2 heterocycles. The summed E-state index contributed by atoms with van der Waals surface area (Å²) >= 11 is 0. The molecule has 5 atom stereocenters. The van der Waals surface area contributed by atoms with E-state index in [1.807, 2.05) is 0 Å². The lowest BCUT2D eigenvalue weighted by molar-refractivity contribution is -0.267. The monoisotopic (exact) mass is 386 g/mol. The van der Waals surface area contributed by atoms with E-state index in [0.29, 0.717) is 16.6 Å². The Bertz CT molecular complexity index is 1060. The summed E-state index contributed by atoms with van der Waals surface area (Å²) in [7, 11) is 0. The molecule has 0 amide bonds. The SMILES string of the molecule is C[C@H]1O[C@@H](Oc2cccc3nc4c(C(=O)O)cccc4nc23)[C@H](O)[C@H](O)[C@H]1O. The summed E-state index contributed by atoms with van der Waals surface area (Å²) in [6.07, 6.45) is -6.09. The minimum Gasteiger partial charge on any atom is -0.478 e. The predicted octanol–water partition coefficient (Wildman–Crippen LogP) is 0.687. The Morgan fingerprint density at radius 2 is 1.61 bits per heavy atom. The summed E-state index contributed by atoms with van der Waals surface area (Å²) in [5.74, 6) is -0.862. The molecule has 4 rings (SSSR count). The van der Waals surface area contributed by atoms with Crippen LogP contribution < -0.4 is 4.74 Å². The normalized spacial score (nSPS) is 27.8. The van der Waals surface area contributed by atoms with Gasteiger partial charge in [-0.15, -0.1) is 0 Å². The molecule has 2 aromatic carbocycles. The highest BCUT2D eigenvalue weighted by atomic mass is 16.7. The average Bonchev–Trinajstić information content (AvgIpc) is 2.68. The Labute approximate surface area is 158 Å². The fraction of sp³-hybridized carbons (Fsp3) is 0.316. The van der Waals surface area contributed by atoms with Crippen molar-refractivity contribution in [3.63, 3.8) is 0 Å². The van der Waals surface area contributed by atoms with Crippen molar-refractivity contribution in [2.45, 2.75) is 37.6 Å². The number of aromatic nitrogens is 2. The molecule has 1 fully saturated rings. The zero-order valence-corrected chi connectivity index (χ0v) is 14.8. The van der Waals surface area contributed by atoms with Crippen LogP contribution in [0.5, 0.6) is 5.75 Å². The number of benzene rings is 2. The van der Waals surface area contributed by atoms with Gasteiger partial charge in [-0.1, -0.05) is 12.1 Å². The van der Waals surface area contributed by atoms with Gasteiger partial charge in [0.1, 0.15) is 29.3 Å². The number of aliphatic hydroxyl groups excluding tert-OH is 3. The predicted molar refractivity (Wildman–Crippen MR) is 97.0 cm³/mol. The van der Waals surface area contributed by atoms with E-state index in [1.54, 1.807) is 37.3 Å². The number of carbonyl (C=O) groups is 1. The molecule has 0 bridgehead atoms. The van der Waals surface area contributed by atoms with E-state index in [9.17, 15) is 25.2 Å². The lowest BCUT2D eigenvalue weighted by atomic mass is 10.00. The maximum absolute atomic E-state index is 11.4. The Kier molecular flexibility index (Phi) is 4.60. The summed E-state index contributed by atoms with van der Waals surface area (Å²) in [4.78, 5) is 20.3. The highest BCUT2D eigenvalue weighted by molar-refractivity contribution is 6.03. The van der Waals surface area contributed by atoms with E-state index in [1.165, 1.54) is 6.07 Å². The molecule has 1 aromatic heterocycles. The molecule has 0 spiro atoms. The van der Waals surface area contributed by atoms with Gasteiger partial charge in [-0.3, -0.25) is 0 Å². The van der Waals surface area contributed by atoms with Crippen molar-refractivity contribution in [1.29, 1.82) is 0 Å². The molecule has 146 valence electrons. The van der Waals surface area contributed by atoms with Crippen LogP contribution in [0.3, 0.4) is 0 Å². The standard InChI is InChI=1S/C19H18N2O7/c1-8-15(22)16(23)17(24)19(27-8)28-12-7-3-6-11-14(12)21-10-5-2-4-9(18(25)26)13(10)20-11/h2-8,15-17,19,22-24H,1H3,(H,25,26)/t8-,15+,16-,17-,19+/m1/s1. The molecular weight excluding hydrogens is 368 g/mol. The third kappa shape index (κ3) is 3.04. The van der Waals surface area contributed by atoms with Gasteiger partial charge in [-0.05, 0) is 31.2 Å². The summed E-state index contributed by atoms with van der Waals surface area (Å²) in [6.45, 7) is 1.56. The van der Waals surface area contributed by atoms with Crippen molar-refractivity contribution in [2.24, 2.45) is 0 Å². The number of hydrogen-bond donors (Lipinski definition) is 4. The molecule has 0 saturated carbocycles. The van der Waals surface area contributed by atoms with Crippen LogP contribution in [0.25, 0.3) is 22.1 Å². The highest BCUT2D eigenvalue weighted by Gasteiger charge is 2.43. The van der Waals surface area contributed by atoms with E-state index in [0.717, 1.165) is 0 Å². The number of fused-ring (bicyclic) bond motifs is 2. The molecule has 0 radical (unpaired) electrons. The Hall–Kier alpha value is -2.85. The highest BCUT2D eigenvalue weighted by Crippen LogP contribution is 2.30. The zero-order chi connectivity index (χ0) is 20.0. The number of hydrogen-bond acceptors (Lipinski definition) is 8. The number of aliphatic hydroxyl groups is 3. The fourth-order valence-electron chi connectivity index (χ4n) is 3.20. The van der Waals surface area contributed by atoms with E-state index in [-0.39, 0.29) is 16.8 Å². The lowest BCUT2D eigenvalue weighted by Gasteiger charge is -2.38. The van der Waals surface area contributed by atoms with Gasteiger partial charge in [0, 0.05) is 0 Å². The van der Waals surface area contributed by atoms with Gasteiger partial charge < -0.3 is 29.9 Å². The van der Waals surface area contributed by atoms with E-state index in [2.05, 4.69) is 9.97 Å². The number of ether oxygens (including phenoxy) is 2. The van der Waals surface area contributed by atoms with Gasteiger partial charge in [0.15, 0.2) is 5.75 Å². The second-order valence-corrected chi connectivity index (χ2v) is 6.63. The molecule has 1 aliphatic heterocycles. The minimum absolute atomic E-state index is 0.0372. The Morgan fingerprint density at radius 1 is 0.964 bits per heavy atom. The fourth-order valence-corrected chi connectivity index (χ4v) is 3.20. The van der Waals surface area contributed by atoms with Gasteiger partial charge >= 0.3 is 5.97 Å². The molecule has 1 aliphatic rings. The van der Waals surface area contributed by atoms with Crippen LogP contribution >= 0.6 is 0 Å². The van der Waals surface area contributed by atoms with E-state index >= 15 is 0 Å². The topological polar surface area (TPSA) is 142 Å². The second-order valence-electron chi connectivity index (χ2n) is 6.63. The average molecular weight is 386 g/mol. The third-order valence-corrected chi connectivity index (χ3v) is 4.74. The second kappa shape index (κ2) is 6.95. The van der Waals surface area contributed by atoms with Gasteiger partial charge in [0.25, 0.3) is 0 Å². The smallest absolute Gasteiger partial charge is 0.337 e. The van der Waals surface area contributed by atoms with Crippen molar-refractivity contribution >= 4 is 28.0 Å². The van der Waals surface area contributed by atoms with E-state index in [4.69, 9.17) is 9.47 Å². The molecule has 9 nitrogen and oxygen atoms in total. The molecule has 9 heteroatoms. The number of para-hydroxylation sites is 2. The lowest BCUT2D eigenvalue weighted by Crippen LogP contribution is -2.58. The first-order valence-electron chi connectivity index (χ1n) is 8.66. The molecule has 4 N–H and O–H groups in total. The molecular formula is C19H18N2O7. The minimum atomic E-state index is -1.46. The van der Waals surface area contributed by atoms with Crippen LogP contribution in [0, 0.1) is 0 Å². The number of rotatable bonds is 3. The number of carboxylic acid groups (broad SMARTS) is 1. The number of nitrogens with zero attached hydrogens (tertiary/aromatic N) is 2. The molecule has 0 unspecified atom stereocenters. The van der Waals surface area contributed by atoms with E-state index < -0.39 is 36.7 Å². The Balaban J connectivity index is 1.77. The van der Waals surface area contributed by atoms with Crippen LogP contribution in [-0.2, 0) is 4.74 Å². The summed E-state index contributed by atoms with van der Waals surface area (Å²) in [6, 6.07) is 9.56. The van der Waals surface area contributed by atoms with Crippen LogP contribution in [-0.4, -0.2) is 67.1 Å². The van der Waals surface area contributed by atoms with Gasteiger partial charge in [0.2, 0.25) is 6.29 Å². The maximum Gasteiger partial charge on any atom is 0.337 e. The van der Waals surface area contributed by atoms with Crippen molar-refractivity contribution < 1.29 is 34.7 Å². The van der Waals surface area contributed by atoms with Crippen LogP contribution in [0.1, 0.15) is 17.3 Å². The largest absolute Gasteiger partial charge is 0.478 e. The molecule has 3 aromatic rings. The number of aromatic carboxylic acids is 1. The van der Waals surface area contributed by atoms with Crippen molar-refractivity contribution in [2.75, 3.05) is 0 Å². The van der Waals surface area contributed by atoms with Crippen LogP contribution in [0.15, 0.2) is 36.4 Å².